The monoisotopic (exact) mass is 439 g/mol. The number of urea groups is 1. The number of hydrogen-bond donors (Lipinski definition) is 1. The number of esters is 1. The first-order valence-corrected chi connectivity index (χ1v) is 9.70. The van der Waals surface area contributed by atoms with E-state index >= 15 is 0 Å². The molecular formula is C19H26BrN3O4. The molecule has 1 heterocycles. The number of rotatable bonds is 5. The third-order valence-corrected chi connectivity index (χ3v) is 5.23. The topological polar surface area (TPSA) is 79.0 Å². The van der Waals surface area contributed by atoms with Crippen LogP contribution in [-0.2, 0) is 14.3 Å². The third kappa shape index (κ3) is 5.95. The third-order valence-electron chi connectivity index (χ3n) is 4.71. The van der Waals surface area contributed by atoms with E-state index in [9.17, 15) is 14.4 Å². The summed E-state index contributed by atoms with van der Waals surface area (Å²) in [6.07, 6.45) is 1.29. The van der Waals surface area contributed by atoms with Gasteiger partial charge in [0.1, 0.15) is 0 Å². The standard InChI is InChI=1S/C19H26BrN3O4/c1-22(2)19(26)23-10-8-14(9-11-23)18(25)21-16(12-17(24)27-3)13-4-6-15(20)7-5-13/h4-7,14,16H,8-12H2,1-3H3,(H,21,25). The lowest BCUT2D eigenvalue weighted by Crippen LogP contribution is -2.47. The number of benzene rings is 1. The molecule has 1 atom stereocenters. The number of likely N-dealkylation sites (tertiary alicyclic amines) is 1. The van der Waals surface area contributed by atoms with Crippen molar-refractivity contribution in [1.82, 2.24) is 15.1 Å². The molecule has 0 aliphatic carbocycles. The Kier molecular flexibility index (Phi) is 7.65. The van der Waals surface area contributed by atoms with Crippen molar-refractivity contribution in [2.45, 2.75) is 25.3 Å². The molecule has 148 valence electrons. The van der Waals surface area contributed by atoms with E-state index < -0.39 is 6.04 Å². The minimum absolute atomic E-state index is 0.0349. The summed E-state index contributed by atoms with van der Waals surface area (Å²) in [5, 5.41) is 2.99. The lowest BCUT2D eigenvalue weighted by atomic mass is 9.94. The Morgan fingerprint density at radius 1 is 1.22 bits per heavy atom. The van der Waals surface area contributed by atoms with Crippen molar-refractivity contribution in [2.75, 3.05) is 34.3 Å². The quantitative estimate of drug-likeness (QED) is 0.714. The number of carbonyl (C=O) groups excluding carboxylic acids is 3. The molecule has 1 aliphatic heterocycles. The molecule has 1 saturated heterocycles. The smallest absolute Gasteiger partial charge is 0.319 e. The molecule has 2 rings (SSSR count). The van der Waals surface area contributed by atoms with Gasteiger partial charge in [-0.05, 0) is 30.5 Å². The molecule has 1 N–H and O–H groups in total. The molecule has 8 heteroatoms. The number of nitrogens with zero attached hydrogens (tertiary/aromatic N) is 2. The van der Waals surface area contributed by atoms with Gasteiger partial charge in [-0.2, -0.15) is 0 Å². The van der Waals surface area contributed by atoms with Crippen LogP contribution in [0.25, 0.3) is 0 Å². The van der Waals surface area contributed by atoms with Crippen LogP contribution in [0.3, 0.4) is 0 Å². The molecule has 1 unspecified atom stereocenters. The molecule has 1 aromatic carbocycles. The van der Waals surface area contributed by atoms with Crippen LogP contribution in [0.2, 0.25) is 0 Å². The normalized spacial score (nSPS) is 15.8. The van der Waals surface area contributed by atoms with Crippen LogP contribution >= 0.6 is 15.9 Å². The Morgan fingerprint density at radius 3 is 2.33 bits per heavy atom. The zero-order chi connectivity index (χ0) is 20.0. The first kappa shape index (κ1) is 21.2. The van der Waals surface area contributed by atoms with Crippen LogP contribution < -0.4 is 5.32 Å². The number of piperidine rings is 1. The Bertz CT molecular complexity index is 670. The van der Waals surface area contributed by atoms with E-state index in [-0.39, 0.29) is 30.2 Å². The van der Waals surface area contributed by atoms with Crippen LogP contribution in [-0.4, -0.2) is 62.0 Å². The minimum atomic E-state index is -0.445. The van der Waals surface area contributed by atoms with Gasteiger partial charge in [-0.15, -0.1) is 0 Å². The average molecular weight is 440 g/mol. The maximum Gasteiger partial charge on any atom is 0.319 e. The molecule has 0 aromatic heterocycles. The maximum atomic E-state index is 12.7. The molecule has 1 fully saturated rings. The summed E-state index contributed by atoms with van der Waals surface area (Å²) < 4.78 is 5.69. The summed E-state index contributed by atoms with van der Waals surface area (Å²) in [5.74, 6) is -0.648. The highest BCUT2D eigenvalue weighted by molar-refractivity contribution is 9.10. The van der Waals surface area contributed by atoms with Crippen molar-refractivity contribution < 1.29 is 19.1 Å². The molecule has 0 bridgehead atoms. The highest BCUT2D eigenvalue weighted by Crippen LogP contribution is 2.23. The number of nitrogens with one attached hydrogen (secondary N) is 1. The van der Waals surface area contributed by atoms with E-state index in [0.717, 1.165) is 10.0 Å². The first-order chi connectivity index (χ1) is 12.8. The Morgan fingerprint density at radius 2 is 1.81 bits per heavy atom. The van der Waals surface area contributed by atoms with Gasteiger partial charge in [0, 0.05) is 37.6 Å². The van der Waals surface area contributed by atoms with Crippen LogP contribution in [0.15, 0.2) is 28.7 Å². The molecule has 3 amide bonds. The Labute approximate surface area is 168 Å². The fraction of sp³-hybridized carbons (Fsp3) is 0.526. The van der Waals surface area contributed by atoms with Crippen molar-refractivity contribution in [3.05, 3.63) is 34.3 Å². The number of halogens is 1. The summed E-state index contributed by atoms with van der Waals surface area (Å²) in [6, 6.07) is 7.01. The van der Waals surface area contributed by atoms with Gasteiger partial charge >= 0.3 is 12.0 Å². The molecular weight excluding hydrogens is 414 g/mol. The number of methoxy groups -OCH3 is 1. The van der Waals surface area contributed by atoms with Crippen molar-refractivity contribution in [3.63, 3.8) is 0 Å². The summed E-state index contributed by atoms with van der Waals surface area (Å²) in [4.78, 5) is 39.8. The second-order valence-electron chi connectivity index (χ2n) is 6.83. The van der Waals surface area contributed by atoms with Gasteiger partial charge in [0.2, 0.25) is 5.91 Å². The molecule has 0 spiro atoms. The maximum absolute atomic E-state index is 12.7. The second-order valence-corrected chi connectivity index (χ2v) is 7.75. The van der Waals surface area contributed by atoms with Gasteiger partial charge in [0.25, 0.3) is 0 Å². The minimum Gasteiger partial charge on any atom is -0.469 e. The van der Waals surface area contributed by atoms with E-state index in [0.29, 0.717) is 25.9 Å². The molecule has 0 saturated carbocycles. The average Bonchev–Trinajstić information content (AvgIpc) is 2.67. The summed E-state index contributed by atoms with van der Waals surface area (Å²) >= 11 is 3.39. The van der Waals surface area contributed by atoms with Crippen molar-refractivity contribution in [3.8, 4) is 0 Å². The molecule has 1 aliphatic rings. The van der Waals surface area contributed by atoms with Crippen LogP contribution in [0.4, 0.5) is 4.79 Å². The largest absolute Gasteiger partial charge is 0.469 e. The predicted octanol–water partition coefficient (Wildman–Crippen LogP) is 2.56. The SMILES string of the molecule is COC(=O)CC(NC(=O)C1CCN(C(=O)N(C)C)CC1)c1ccc(Br)cc1. The number of carbonyl (C=O) groups is 3. The molecule has 27 heavy (non-hydrogen) atoms. The van der Waals surface area contributed by atoms with Crippen molar-refractivity contribution in [2.24, 2.45) is 5.92 Å². The van der Waals surface area contributed by atoms with E-state index in [4.69, 9.17) is 4.74 Å². The van der Waals surface area contributed by atoms with Crippen LogP contribution in [0.1, 0.15) is 30.9 Å². The Balaban J connectivity index is 2.00. The number of hydrogen-bond acceptors (Lipinski definition) is 4. The lowest BCUT2D eigenvalue weighted by molar-refractivity contribution is -0.141. The lowest BCUT2D eigenvalue weighted by Gasteiger charge is -2.33. The zero-order valence-corrected chi connectivity index (χ0v) is 17.5. The van der Waals surface area contributed by atoms with Gasteiger partial charge in [-0.1, -0.05) is 28.1 Å². The fourth-order valence-corrected chi connectivity index (χ4v) is 3.37. The van der Waals surface area contributed by atoms with Gasteiger partial charge in [-0.3, -0.25) is 9.59 Å². The summed E-state index contributed by atoms with van der Waals surface area (Å²) in [5.41, 5.74) is 0.845. The number of amides is 3. The van der Waals surface area contributed by atoms with Crippen LogP contribution in [0, 0.1) is 5.92 Å². The summed E-state index contributed by atoms with van der Waals surface area (Å²) in [6.45, 7) is 1.10. The highest BCUT2D eigenvalue weighted by atomic mass is 79.9. The predicted molar refractivity (Wildman–Crippen MR) is 105 cm³/mol. The van der Waals surface area contributed by atoms with Gasteiger partial charge in [0.15, 0.2) is 0 Å². The van der Waals surface area contributed by atoms with E-state index in [2.05, 4.69) is 21.2 Å². The molecule has 0 radical (unpaired) electrons. The van der Waals surface area contributed by atoms with Gasteiger partial charge in [0.05, 0.1) is 19.6 Å². The zero-order valence-electron chi connectivity index (χ0n) is 15.9. The molecule has 1 aromatic rings. The van der Waals surface area contributed by atoms with Crippen molar-refractivity contribution in [1.29, 1.82) is 0 Å². The summed E-state index contributed by atoms with van der Waals surface area (Å²) in [7, 11) is 4.77. The van der Waals surface area contributed by atoms with Crippen LogP contribution in [0.5, 0.6) is 0 Å². The van der Waals surface area contributed by atoms with Gasteiger partial charge in [-0.25, -0.2) is 4.79 Å². The Hall–Kier alpha value is -2.09. The molecule has 7 nitrogen and oxygen atoms in total. The van der Waals surface area contributed by atoms with E-state index in [1.807, 2.05) is 24.3 Å². The van der Waals surface area contributed by atoms with Crippen molar-refractivity contribution >= 4 is 33.8 Å². The van der Waals surface area contributed by atoms with E-state index in [1.165, 1.54) is 7.11 Å². The fourth-order valence-electron chi connectivity index (χ4n) is 3.10. The number of ether oxygens (including phenoxy) is 1. The highest BCUT2D eigenvalue weighted by Gasteiger charge is 2.30. The second kappa shape index (κ2) is 9.73. The van der Waals surface area contributed by atoms with E-state index in [1.54, 1.807) is 23.9 Å². The first-order valence-electron chi connectivity index (χ1n) is 8.90. The van der Waals surface area contributed by atoms with Gasteiger partial charge < -0.3 is 19.9 Å².